The van der Waals surface area contributed by atoms with Gasteiger partial charge in [0.2, 0.25) is 0 Å². The second-order valence-electron chi connectivity index (χ2n) is 7.92. The monoisotopic (exact) mass is 448 g/mol. The molecule has 1 aliphatic carbocycles. The van der Waals surface area contributed by atoms with Crippen LogP contribution in [-0.2, 0) is 6.61 Å². The van der Waals surface area contributed by atoms with E-state index in [0.717, 1.165) is 33.4 Å². The lowest BCUT2D eigenvalue weighted by atomic mass is 9.95. The van der Waals surface area contributed by atoms with Gasteiger partial charge in [-0.3, -0.25) is 5.73 Å². The van der Waals surface area contributed by atoms with E-state index >= 15 is 0 Å². The van der Waals surface area contributed by atoms with Gasteiger partial charge in [-0.2, -0.15) is 10.5 Å². The molecular formula is C27H20N4O3. The molecule has 0 unspecified atom stereocenters. The summed E-state index contributed by atoms with van der Waals surface area (Å²) in [6.07, 6.45) is 1.96. The van der Waals surface area contributed by atoms with Gasteiger partial charge in [-0.05, 0) is 71.5 Å². The van der Waals surface area contributed by atoms with Gasteiger partial charge in [-0.1, -0.05) is 30.3 Å². The van der Waals surface area contributed by atoms with Gasteiger partial charge in [0.1, 0.15) is 35.6 Å². The minimum absolute atomic E-state index is 0.105. The Hall–Kier alpha value is -4.88. The summed E-state index contributed by atoms with van der Waals surface area (Å²) in [5.74, 6) is -0.358. The summed E-state index contributed by atoms with van der Waals surface area (Å²) in [7, 11) is 0. The zero-order valence-corrected chi connectivity index (χ0v) is 18.6. The highest BCUT2D eigenvalue weighted by molar-refractivity contribution is 6.07. The molecule has 0 fully saturated rings. The van der Waals surface area contributed by atoms with Crippen molar-refractivity contribution in [3.05, 3.63) is 93.2 Å². The molecule has 4 rings (SSSR count). The Balaban J connectivity index is 1.62. The molecular weight excluding hydrogens is 428 g/mol. The predicted octanol–water partition coefficient (Wildman–Crippen LogP) is 3.06. The van der Waals surface area contributed by atoms with Crippen molar-refractivity contribution in [3.63, 3.8) is 0 Å². The maximum Gasteiger partial charge on any atom is 0.289 e. The molecule has 7 nitrogen and oxygen atoms in total. The number of ether oxygens (including phenoxy) is 1. The molecule has 7 heteroatoms. The van der Waals surface area contributed by atoms with Gasteiger partial charge >= 0.3 is 0 Å². The Morgan fingerprint density at radius 3 is 2.53 bits per heavy atom. The maximum absolute atomic E-state index is 11.0. The first-order valence-corrected chi connectivity index (χ1v) is 10.5. The predicted molar refractivity (Wildman–Crippen MR) is 124 cm³/mol. The van der Waals surface area contributed by atoms with Crippen LogP contribution in [0.1, 0.15) is 50.8 Å². The number of aromatic carboxylic acids is 1. The third kappa shape index (κ3) is 3.99. The fourth-order valence-corrected chi connectivity index (χ4v) is 4.05. The van der Waals surface area contributed by atoms with E-state index in [-0.39, 0.29) is 18.0 Å². The summed E-state index contributed by atoms with van der Waals surface area (Å²) < 4.78 is 5.78. The van der Waals surface area contributed by atoms with Crippen molar-refractivity contribution < 1.29 is 19.6 Å². The van der Waals surface area contributed by atoms with E-state index in [4.69, 9.17) is 10.5 Å². The first-order chi connectivity index (χ1) is 16.3. The smallest absolute Gasteiger partial charge is 0.289 e. The number of carbonyl (C=O) groups is 1. The lowest BCUT2D eigenvalue weighted by Crippen LogP contribution is -2.22. The number of H-pyrrole nitrogens is 1. The van der Waals surface area contributed by atoms with Crippen LogP contribution in [0.3, 0.4) is 0 Å². The zero-order chi connectivity index (χ0) is 24.4. The number of benzene rings is 2. The summed E-state index contributed by atoms with van der Waals surface area (Å²) in [4.78, 5) is 14.0. The summed E-state index contributed by atoms with van der Waals surface area (Å²) in [5, 5.41) is 30.2. The summed E-state index contributed by atoms with van der Waals surface area (Å²) in [6, 6.07) is 18.2. The van der Waals surface area contributed by atoms with Crippen LogP contribution in [0.4, 0.5) is 5.82 Å². The lowest BCUT2D eigenvalue weighted by Gasteiger charge is -2.10. The number of nitrogens with zero attached hydrogens (tertiary/aromatic N) is 2. The largest absolute Gasteiger partial charge is 0.545 e. The number of aromatic amines is 1. The first-order valence-electron chi connectivity index (χ1n) is 10.5. The number of carboxylic acid groups (broad SMARTS) is 1. The summed E-state index contributed by atoms with van der Waals surface area (Å²) in [5.41, 5.74) is 12.4. The molecule has 3 N–H and O–H groups in total. The SMILES string of the molecule is CC1=C(C#N)c2[nH+]c(N)c(C#N)c(C)c2/C1=C/c1ccc(OCc2cccc(C(=O)[O-])c2)cc1. The van der Waals surface area contributed by atoms with E-state index in [1.54, 1.807) is 12.1 Å². The number of anilines is 1. The van der Waals surface area contributed by atoms with Crippen LogP contribution in [0, 0.1) is 29.6 Å². The number of carbonyl (C=O) groups excluding carboxylic acids is 1. The Morgan fingerprint density at radius 1 is 1.15 bits per heavy atom. The Kier molecular flexibility index (Phi) is 5.86. The molecule has 1 heterocycles. The highest BCUT2D eigenvalue weighted by Crippen LogP contribution is 2.42. The molecule has 1 aromatic heterocycles. The number of carboxylic acids is 1. The quantitative estimate of drug-likeness (QED) is 0.637. The molecule has 0 saturated heterocycles. The lowest BCUT2D eigenvalue weighted by molar-refractivity contribution is -0.364. The molecule has 1 aliphatic rings. The van der Waals surface area contributed by atoms with Gasteiger partial charge in [0.25, 0.3) is 5.82 Å². The summed E-state index contributed by atoms with van der Waals surface area (Å²) in [6.45, 7) is 3.92. The van der Waals surface area contributed by atoms with Gasteiger partial charge in [0.05, 0.1) is 5.97 Å². The van der Waals surface area contributed by atoms with Gasteiger partial charge < -0.3 is 14.6 Å². The topological polar surface area (TPSA) is 137 Å². The number of pyridine rings is 1. The van der Waals surface area contributed by atoms with Crippen LogP contribution in [0.5, 0.6) is 5.75 Å². The van der Waals surface area contributed by atoms with Gasteiger partial charge in [-0.25, -0.2) is 4.98 Å². The number of nitrogens with two attached hydrogens (primary N) is 1. The number of rotatable bonds is 5. The third-order valence-electron chi connectivity index (χ3n) is 5.81. The average Bonchev–Trinajstić information content (AvgIpc) is 3.09. The van der Waals surface area contributed by atoms with Crippen LogP contribution < -0.4 is 20.6 Å². The zero-order valence-electron chi connectivity index (χ0n) is 18.6. The first kappa shape index (κ1) is 22.3. The van der Waals surface area contributed by atoms with E-state index in [9.17, 15) is 20.4 Å². The van der Waals surface area contributed by atoms with Crippen molar-refractivity contribution in [2.24, 2.45) is 0 Å². The maximum atomic E-state index is 11.0. The highest BCUT2D eigenvalue weighted by Gasteiger charge is 2.32. The second kappa shape index (κ2) is 8.93. The number of allylic oxidation sites excluding steroid dienone is 3. The Labute approximate surface area is 196 Å². The molecule has 0 spiro atoms. The van der Waals surface area contributed by atoms with Crippen molar-refractivity contribution >= 4 is 29.0 Å². The van der Waals surface area contributed by atoms with Crippen molar-refractivity contribution in [2.45, 2.75) is 20.5 Å². The number of fused-ring (bicyclic) bond motifs is 1. The molecule has 166 valence electrons. The van der Waals surface area contributed by atoms with Gasteiger partial charge in [0, 0.05) is 5.56 Å². The van der Waals surface area contributed by atoms with E-state index in [1.807, 2.05) is 44.2 Å². The molecule has 0 saturated carbocycles. The van der Waals surface area contributed by atoms with Crippen molar-refractivity contribution in [1.29, 1.82) is 10.5 Å². The number of nitriles is 2. The Morgan fingerprint density at radius 2 is 1.88 bits per heavy atom. The third-order valence-corrected chi connectivity index (χ3v) is 5.81. The molecule has 34 heavy (non-hydrogen) atoms. The minimum atomic E-state index is -1.23. The molecule has 0 amide bonds. The fraction of sp³-hybridized carbons (Fsp3) is 0.111. The molecule has 0 aliphatic heterocycles. The fourth-order valence-electron chi connectivity index (χ4n) is 4.05. The van der Waals surface area contributed by atoms with Crippen LogP contribution >= 0.6 is 0 Å². The van der Waals surface area contributed by atoms with Crippen molar-refractivity contribution in [2.75, 3.05) is 5.73 Å². The highest BCUT2D eigenvalue weighted by atomic mass is 16.5. The van der Waals surface area contributed by atoms with Crippen LogP contribution in [0.2, 0.25) is 0 Å². The number of hydrogen-bond donors (Lipinski definition) is 1. The normalized spacial score (nSPS) is 13.4. The summed E-state index contributed by atoms with van der Waals surface area (Å²) >= 11 is 0. The molecule has 2 aromatic carbocycles. The number of nitrogen functional groups attached to an aromatic ring is 1. The molecule has 3 aromatic rings. The van der Waals surface area contributed by atoms with E-state index in [1.165, 1.54) is 12.1 Å². The van der Waals surface area contributed by atoms with Crippen LogP contribution in [0.15, 0.2) is 54.1 Å². The molecule has 0 atom stereocenters. The average molecular weight is 448 g/mol. The number of nitrogens with one attached hydrogen (secondary N) is 1. The second-order valence-corrected chi connectivity index (χ2v) is 7.92. The minimum Gasteiger partial charge on any atom is -0.545 e. The number of aromatic nitrogens is 1. The number of hydrogen-bond acceptors (Lipinski definition) is 6. The van der Waals surface area contributed by atoms with E-state index < -0.39 is 5.97 Å². The standard InChI is InChI=1S/C27H20N4O3/c1-15-21(24-16(2)23(13-29)26(30)31-25(24)22(15)12-28)11-17-6-8-20(9-7-17)34-14-18-4-3-5-19(10-18)27(32)33/h3-11H,14H2,1-2H3,(H2,30,31)(H,32,33)/b21-11+. The van der Waals surface area contributed by atoms with E-state index in [0.29, 0.717) is 22.6 Å². The molecule has 0 radical (unpaired) electrons. The molecule has 0 bridgehead atoms. The Bertz CT molecular complexity index is 1470. The van der Waals surface area contributed by atoms with Gasteiger partial charge in [-0.15, -0.1) is 0 Å². The van der Waals surface area contributed by atoms with Gasteiger partial charge in [0.15, 0.2) is 5.69 Å². The van der Waals surface area contributed by atoms with Crippen LogP contribution in [-0.4, -0.2) is 5.97 Å². The van der Waals surface area contributed by atoms with Crippen LogP contribution in [0.25, 0.3) is 17.2 Å². The van der Waals surface area contributed by atoms with Crippen molar-refractivity contribution in [3.8, 4) is 17.9 Å². The van der Waals surface area contributed by atoms with Crippen molar-refractivity contribution in [1.82, 2.24) is 0 Å². The van der Waals surface area contributed by atoms with E-state index in [2.05, 4.69) is 17.1 Å².